The lowest BCUT2D eigenvalue weighted by Gasteiger charge is -2.27. The quantitative estimate of drug-likeness (QED) is 0.914. The van der Waals surface area contributed by atoms with Gasteiger partial charge < -0.3 is 14.9 Å². The number of likely N-dealkylation sites (N-methyl/N-ethyl adjacent to an activating group) is 1. The molecule has 1 unspecified atom stereocenters. The number of phenolic OH excluding ortho intramolecular Hbond substituents is 1. The van der Waals surface area contributed by atoms with Gasteiger partial charge in [0, 0.05) is 13.5 Å². The first kappa shape index (κ1) is 18.5. The SMILES string of the molecule is CCC(=O)N1CC(=O)N(C)C1c1ccccc1.Cc1ccc(O)cc1. The minimum absolute atomic E-state index is 0.0107. The zero-order valence-electron chi connectivity index (χ0n) is 14.8. The summed E-state index contributed by atoms with van der Waals surface area (Å²) in [4.78, 5) is 26.8. The summed E-state index contributed by atoms with van der Waals surface area (Å²) in [6.07, 6.45) is 0.168. The fraction of sp³-hybridized carbons (Fsp3) is 0.300. The first-order valence-electron chi connectivity index (χ1n) is 8.29. The Kier molecular flexibility index (Phi) is 6.17. The minimum atomic E-state index is -0.254. The number of carbonyl (C=O) groups excluding carboxylic acids is 2. The van der Waals surface area contributed by atoms with E-state index >= 15 is 0 Å². The van der Waals surface area contributed by atoms with E-state index in [2.05, 4.69) is 0 Å². The fourth-order valence-corrected chi connectivity index (χ4v) is 2.69. The molecule has 3 rings (SSSR count). The molecule has 0 saturated carbocycles. The molecular weight excluding hydrogens is 316 g/mol. The summed E-state index contributed by atoms with van der Waals surface area (Å²) in [5, 5.41) is 8.76. The number of amides is 2. The largest absolute Gasteiger partial charge is 0.508 e. The third-order valence-corrected chi connectivity index (χ3v) is 4.12. The fourth-order valence-electron chi connectivity index (χ4n) is 2.69. The van der Waals surface area contributed by atoms with Crippen LogP contribution in [-0.2, 0) is 9.59 Å². The highest BCUT2D eigenvalue weighted by Crippen LogP contribution is 2.29. The van der Waals surface area contributed by atoms with Gasteiger partial charge in [0.2, 0.25) is 11.8 Å². The third kappa shape index (κ3) is 4.59. The van der Waals surface area contributed by atoms with Gasteiger partial charge in [0.05, 0.1) is 0 Å². The van der Waals surface area contributed by atoms with Crippen LogP contribution in [0.3, 0.4) is 0 Å². The molecule has 1 N–H and O–H groups in total. The second kappa shape index (κ2) is 8.33. The van der Waals surface area contributed by atoms with Crippen molar-refractivity contribution in [3.8, 4) is 5.75 Å². The van der Waals surface area contributed by atoms with Crippen molar-refractivity contribution in [3.63, 3.8) is 0 Å². The topological polar surface area (TPSA) is 60.9 Å². The predicted molar refractivity (Wildman–Crippen MR) is 96.8 cm³/mol. The number of hydrogen-bond donors (Lipinski definition) is 1. The van der Waals surface area contributed by atoms with Crippen molar-refractivity contribution >= 4 is 11.8 Å². The zero-order chi connectivity index (χ0) is 18.4. The van der Waals surface area contributed by atoms with Crippen LogP contribution < -0.4 is 0 Å². The molecule has 1 aliphatic heterocycles. The first-order chi connectivity index (χ1) is 11.9. The lowest BCUT2D eigenvalue weighted by molar-refractivity contribution is -0.133. The van der Waals surface area contributed by atoms with E-state index in [0.29, 0.717) is 12.2 Å². The van der Waals surface area contributed by atoms with Gasteiger partial charge in [-0.05, 0) is 24.6 Å². The molecule has 0 aromatic heterocycles. The summed E-state index contributed by atoms with van der Waals surface area (Å²) < 4.78 is 0. The maximum Gasteiger partial charge on any atom is 0.243 e. The van der Waals surface area contributed by atoms with Gasteiger partial charge in [-0.15, -0.1) is 0 Å². The summed E-state index contributed by atoms with van der Waals surface area (Å²) in [7, 11) is 1.74. The Morgan fingerprint density at radius 1 is 1.12 bits per heavy atom. The van der Waals surface area contributed by atoms with Crippen molar-refractivity contribution in [2.24, 2.45) is 0 Å². The van der Waals surface area contributed by atoms with Crippen LogP contribution in [-0.4, -0.2) is 40.3 Å². The van der Waals surface area contributed by atoms with Crippen LogP contribution in [0.2, 0.25) is 0 Å². The molecule has 0 radical (unpaired) electrons. The Balaban J connectivity index is 0.000000236. The molecule has 132 valence electrons. The van der Waals surface area contributed by atoms with E-state index in [1.54, 1.807) is 29.0 Å². The number of rotatable bonds is 2. The molecule has 25 heavy (non-hydrogen) atoms. The van der Waals surface area contributed by atoms with Crippen LogP contribution in [0.5, 0.6) is 5.75 Å². The molecule has 0 bridgehead atoms. The van der Waals surface area contributed by atoms with Crippen LogP contribution in [0.1, 0.15) is 30.6 Å². The smallest absolute Gasteiger partial charge is 0.243 e. The lowest BCUT2D eigenvalue weighted by Crippen LogP contribution is -2.33. The number of nitrogens with zero attached hydrogens (tertiary/aromatic N) is 2. The highest BCUT2D eigenvalue weighted by atomic mass is 16.3. The van der Waals surface area contributed by atoms with Gasteiger partial charge in [-0.3, -0.25) is 9.59 Å². The van der Waals surface area contributed by atoms with E-state index in [9.17, 15) is 9.59 Å². The predicted octanol–water partition coefficient (Wildman–Crippen LogP) is 3.10. The average molecular weight is 340 g/mol. The molecule has 0 aliphatic carbocycles. The summed E-state index contributed by atoms with van der Waals surface area (Å²) in [5.41, 5.74) is 2.14. The molecule has 1 fully saturated rings. The van der Waals surface area contributed by atoms with Crippen LogP contribution in [0, 0.1) is 6.92 Å². The van der Waals surface area contributed by atoms with E-state index in [-0.39, 0.29) is 24.5 Å². The minimum Gasteiger partial charge on any atom is -0.508 e. The van der Waals surface area contributed by atoms with E-state index in [1.807, 2.05) is 56.3 Å². The molecule has 5 heteroatoms. The van der Waals surface area contributed by atoms with E-state index < -0.39 is 0 Å². The first-order valence-corrected chi connectivity index (χ1v) is 8.29. The van der Waals surface area contributed by atoms with Crippen molar-refractivity contribution in [2.45, 2.75) is 26.4 Å². The van der Waals surface area contributed by atoms with Gasteiger partial charge in [0.15, 0.2) is 0 Å². The zero-order valence-corrected chi connectivity index (χ0v) is 14.8. The highest BCUT2D eigenvalue weighted by Gasteiger charge is 2.38. The van der Waals surface area contributed by atoms with Gasteiger partial charge in [0.25, 0.3) is 0 Å². The number of aromatic hydroxyl groups is 1. The Hall–Kier alpha value is -2.82. The Labute approximate surface area is 148 Å². The van der Waals surface area contributed by atoms with Crippen LogP contribution >= 0.6 is 0 Å². The Morgan fingerprint density at radius 3 is 2.24 bits per heavy atom. The lowest BCUT2D eigenvalue weighted by atomic mass is 10.1. The summed E-state index contributed by atoms with van der Waals surface area (Å²) in [6, 6.07) is 16.7. The summed E-state index contributed by atoms with van der Waals surface area (Å²) >= 11 is 0. The van der Waals surface area contributed by atoms with Crippen molar-refractivity contribution < 1.29 is 14.7 Å². The molecule has 2 aromatic carbocycles. The monoisotopic (exact) mass is 340 g/mol. The van der Waals surface area contributed by atoms with E-state index in [4.69, 9.17) is 5.11 Å². The molecule has 0 spiro atoms. The number of phenols is 1. The molecule has 1 aliphatic rings. The van der Waals surface area contributed by atoms with Crippen molar-refractivity contribution in [1.82, 2.24) is 9.80 Å². The maximum absolute atomic E-state index is 11.8. The van der Waals surface area contributed by atoms with Crippen LogP contribution in [0.25, 0.3) is 0 Å². The van der Waals surface area contributed by atoms with Crippen molar-refractivity contribution in [3.05, 3.63) is 65.7 Å². The van der Waals surface area contributed by atoms with Gasteiger partial charge in [-0.25, -0.2) is 0 Å². The normalized spacial score (nSPS) is 16.4. The van der Waals surface area contributed by atoms with Gasteiger partial charge in [-0.2, -0.15) is 0 Å². The molecule has 2 amide bonds. The molecule has 1 atom stereocenters. The van der Waals surface area contributed by atoms with E-state index in [0.717, 1.165) is 5.56 Å². The molecule has 5 nitrogen and oxygen atoms in total. The Morgan fingerprint density at radius 2 is 1.72 bits per heavy atom. The molecule has 2 aromatic rings. The number of benzene rings is 2. The molecular formula is C20H24N2O3. The second-order valence-corrected chi connectivity index (χ2v) is 6.00. The Bertz CT molecular complexity index is 692. The van der Waals surface area contributed by atoms with E-state index in [1.165, 1.54) is 5.56 Å². The third-order valence-electron chi connectivity index (χ3n) is 4.12. The van der Waals surface area contributed by atoms with Crippen molar-refractivity contribution in [1.29, 1.82) is 0 Å². The van der Waals surface area contributed by atoms with Crippen LogP contribution in [0.4, 0.5) is 0 Å². The average Bonchev–Trinajstić information content (AvgIpc) is 2.93. The standard InChI is InChI=1S/C13H16N2O2.C7H8O/c1-3-11(16)15-9-12(17)14(2)13(15)10-7-5-4-6-8-10;1-6-2-4-7(8)5-3-6/h4-8,13H,3,9H2,1-2H3;2-5,8H,1H3. The number of hydrogen-bond acceptors (Lipinski definition) is 3. The summed E-state index contributed by atoms with van der Waals surface area (Å²) in [5.74, 6) is 0.327. The van der Waals surface area contributed by atoms with Crippen LogP contribution in [0.15, 0.2) is 54.6 Å². The molecule has 1 saturated heterocycles. The second-order valence-electron chi connectivity index (χ2n) is 6.00. The molecule has 1 heterocycles. The van der Waals surface area contributed by atoms with Crippen molar-refractivity contribution in [2.75, 3.05) is 13.6 Å². The maximum atomic E-state index is 11.8. The van der Waals surface area contributed by atoms with Gasteiger partial charge in [0.1, 0.15) is 18.5 Å². The summed E-state index contributed by atoms with van der Waals surface area (Å²) in [6.45, 7) is 3.98. The van der Waals surface area contributed by atoms with Gasteiger partial charge >= 0.3 is 0 Å². The highest BCUT2D eigenvalue weighted by molar-refractivity contribution is 5.88. The number of carbonyl (C=O) groups is 2. The number of aryl methyl sites for hydroxylation is 1. The van der Waals surface area contributed by atoms with Gasteiger partial charge in [-0.1, -0.05) is 55.0 Å².